The van der Waals surface area contributed by atoms with E-state index in [1.165, 1.54) is 0 Å². The first-order valence-electron chi connectivity index (χ1n) is 6.05. The molecule has 0 aliphatic rings. The third-order valence-corrected chi connectivity index (χ3v) is 2.46. The molecule has 0 radical (unpaired) electrons. The maximum atomic E-state index is 11.7. The summed E-state index contributed by atoms with van der Waals surface area (Å²) in [7, 11) is 0. The van der Waals surface area contributed by atoms with Crippen LogP contribution >= 0.6 is 0 Å². The highest BCUT2D eigenvalue weighted by Crippen LogP contribution is 2.20. The first-order chi connectivity index (χ1) is 8.49. The van der Waals surface area contributed by atoms with Crippen molar-refractivity contribution in [1.29, 1.82) is 0 Å². The maximum absolute atomic E-state index is 11.7. The lowest BCUT2D eigenvalue weighted by Crippen LogP contribution is -2.39. The molecule has 0 spiro atoms. The van der Waals surface area contributed by atoms with Gasteiger partial charge in [-0.05, 0) is 44.9 Å². The van der Waals surface area contributed by atoms with Gasteiger partial charge in [-0.3, -0.25) is 0 Å². The van der Waals surface area contributed by atoms with E-state index in [0.29, 0.717) is 18.8 Å². The molecule has 0 aromatic heterocycles. The zero-order valence-electron chi connectivity index (χ0n) is 11.1. The predicted molar refractivity (Wildman–Crippen MR) is 68.6 cm³/mol. The van der Waals surface area contributed by atoms with Crippen LogP contribution in [0.25, 0.3) is 0 Å². The summed E-state index contributed by atoms with van der Waals surface area (Å²) in [5.74, 6) is 0.221. The predicted octanol–water partition coefficient (Wildman–Crippen LogP) is 1.94. The Bertz CT molecular complexity index is 381. The number of ether oxygens (including phenoxy) is 2. The minimum atomic E-state index is -1.01. The second-order valence-corrected chi connectivity index (χ2v) is 4.45. The van der Waals surface area contributed by atoms with E-state index in [-0.39, 0.29) is 12.6 Å². The van der Waals surface area contributed by atoms with E-state index in [9.17, 15) is 4.79 Å². The number of rotatable bonds is 6. The second kappa shape index (κ2) is 6.40. The number of aliphatic hydroxyl groups excluding tert-OH is 1. The molecule has 0 atom stereocenters. The Morgan fingerprint density at radius 1 is 1.28 bits per heavy atom. The van der Waals surface area contributed by atoms with Crippen molar-refractivity contribution in [2.75, 3.05) is 13.2 Å². The monoisotopic (exact) mass is 252 g/mol. The Morgan fingerprint density at radius 3 is 2.39 bits per heavy atom. The molecule has 0 amide bonds. The highest BCUT2D eigenvalue weighted by molar-refractivity contribution is 5.79. The number of aliphatic hydroxyl groups is 1. The van der Waals surface area contributed by atoms with Gasteiger partial charge in [-0.2, -0.15) is 0 Å². The van der Waals surface area contributed by atoms with Gasteiger partial charge in [0.2, 0.25) is 0 Å². The molecule has 0 aliphatic heterocycles. The number of benzene rings is 1. The summed E-state index contributed by atoms with van der Waals surface area (Å²) in [5, 5.41) is 8.81. The lowest BCUT2D eigenvalue weighted by molar-refractivity contribution is -0.158. The van der Waals surface area contributed by atoms with Crippen LogP contribution in [0.15, 0.2) is 24.3 Å². The highest BCUT2D eigenvalue weighted by Gasteiger charge is 2.31. The van der Waals surface area contributed by atoms with Crippen molar-refractivity contribution >= 4 is 5.97 Å². The number of hydrogen-bond donors (Lipinski definition) is 1. The summed E-state index contributed by atoms with van der Waals surface area (Å²) in [6.07, 6.45) is 0.613. The standard InChI is InChI=1S/C14H20O4/c1-4-17-13(16)14(2,3)18-12-7-5-11(6-8-12)9-10-15/h5-8,15H,4,9-10H2,1-3H3. The molecule has 1 rings (SSSR count). The molecular formula is C14H20O4. The fourth-order valence-corrected chi connectivity index (χ4v) is 1.49. The number of hydrogen-bond acceptors (Lipinski definition) is 4. The van der Waals surface area contributed by atoms with Crippen LogP contribution in [0.4, 0.5) is 0 Å². The molecule has 0 saturated heterocycles. The van der Waals surface area contributed by atoms with Gasteiger partial charge in [0.15, 0.2) is 5.60 Å². The molecule has 1 aromatic rings. The quantitative estimate of drug-likeness (QED) is 0.786. The minimum absolute atomic E-state index is 0.120. The fraction of sp³-hybridized carbons (Fsp3) is 0.500. The van der Waals surface area contributed by atoms with Gasteiger partial charge in [0.1, 0.15) is 5.75 Å². The van der Waals surface area contributed by atoms with Gasteiger partial charge in [0.05, 0.1) is 6.61 Å². The van der Waals surface area contributed by atoms with Crippen LogP contribution in [0.3, 0.4) is 0 Å². The number of carbonyl (C=O) groups excluding carboxylic acids is 1. The fourth-order valence-electron chi connectivity index (χ4n) is 1.49. The Hall–Kier alpha value is -1.55. The van der Waals surface area contributed by atoms with Crippen LogP contribution in [0, 0.1) is 0 Å². The number of esters is 1. The molecule has 18 heavy (non-hydrogen) atoms. The van der Waals surface area contributed by atoms with Gasteiger partial charge in [-0.25, -0.2) is 4.79 Å². The molecule has 4 nitrogen and oxygen atoms in total. The Morgan fingerprint density at radius 2 is 1.89 bits per heavy atom. The van der Waals surface area contributed by atoms with E-state index < -0.39 is 5.60 Å². The lowest BCUT2D eigenvalue weighted by atomic mass is 10.1. The largest absolute Gasteiger partial charge is 0.476 e. The van der Waals surface area contributed by atoms with E-state index in [4.69, 9.17) is 14.6 Å². The molecule has 1 N–H and O–H groups in total. The van der Waals surface area contributed by atoms with Crippen molar-refractivity contribution < 1.29 is 19.4 Å². The summed E-state index contributed by atoms with van der Waals surface area (Å²) < 4.78 is 10.6. The summed E-state index contributed by atoms with van der Waals surface area (Å²) in [6, 6.07) is 7.30. The molecule has 0 aliphatic carbocycles. The molecule has 0 unspecified atom stereocenters. The molecule has 100 valence electrons. The Balaban J connectivity index is 2.68. The van der Waals surface area contributed by atoms with E-state index in [1.807, 2.05) is 12.1 Å². The third-order valence-electron chi connectivity index (χ3n) is 2.46. The molecule has 4 heteroatoms. The average Bonchev–Trinajstić information content (AvgIpc) is 2.32. The van der Waals surface area contributed by atoms with Crippen molar-refractivity contribution in [1.82, 2.24) is 0 Å². The highest BCUT2D eigenvalue weighted by atomic mass is 16.6. The zero-order chi connectivity index (χ0) is 13.6. The zero-order valence-corrected chi connectivity index (χ0v) is 11.1. The molecule has 0 saturated carbocycles. The van der Waals surface area contributed by atoms with Crippen molar-refractivity contribution in [3.63, 3.8) is 0 Å². The van der Waals surface area contributed by atoms with Crippen molar-refractivity contribution in [2.45, 2.75) is 32.8 Å². The third kappa shape index (κ3) is 4.04. The molecule has 0 fully saturated rings. The first kappa shape index (κ1) is 14.5. The van der Waals surface area contributed by atoms with Crippen LogP contribution in [0.5, 0.6) is 5.75 Å². The van der Waals surface area contributed by atoms with Gasteiger partial charge >= 0.3 is 5.97 Å². The van der Waals surface area contributed by atoms with Gasteiger partial charge in [0, 0.05) is 6.61 Å². The van der Waals surface area contributed by atoms with E-state index in [2.05, 4.69) is 0 Å². The van der Waals surface area contributed by atoms with Crippen LogP contribution < -0.4 is 4.74 Å². The van der Waals surface area contributed by atoms with Gasteiger partial charge in [-0.15, -0.1) is 0 Å². The van der Waals surface area contributed by atoms with E-state index in [0.717, 1.165) is 5.56 Å². The van der Waals surface area contributed by atoms with Crippen LogP contribution in [0.1, 0.15) is 26.3 Å². The molecule has 0 bridgehead atoms. The van der Waals surface area contributed by atoms with E-state index in [1.54, 1.807) is 32.9 Å². The van der Waals surface area contributed by atoms with E-state index >= 15 is 0 Å². The minimum Gasteiger partial charge on any atom is -0.476 e. The first-order valence-corrected chi connectivity index (χ1v) is 6.05. The summed E-state index contributed by atoms with van der Waals surface area (Å²) >= 11 is 0. The van der Waals surface area contributed by atoms with Crippen molar-refractivity contribution in [3.8, 4) is 5.75 Å². The molecular weight excluding hydrogens is 232 g/mol. The summed E-state index contributed by atoms with van der Waals surface area (Å²) in [6.45, 7) is 5.56. The topological polar surface area (TPSA) is 55.8 Å². The average molecular weight is 252 g/mol. The van der Waals surface area contributed by atoms with Crippen molar-refractivity contribution in [2.24, 2.45) is 0 Å². The summed E-state index contributed by atoms with van der Waals surface area (Å²) in [4.78, 5) is 11.7. The molecule has 1 aromatic carbocycles. The van der Waals surface area contributed by atoms with Crippen LogP contribution in [0.2, 0.25) is 0 Å². The van der Waals surface area contributed by atoms with Gasteiger partial charge < -0.3 is 14.6 Å². The molecule has 0 heterocycles. The lowest BCUT2D eigenvalue weighted by Gasteiger charge is -2.24. The van der Waals surface area contributed by atoms with Crippen LogP contribution in [-0.2, 0) is 16.0 Å². The van der Waals surface area contributed by atoms with Gasteiger partial charge in [-0.1, -0.05) is 12.1 Å². The number of carbonyl (C=O) groups is 1. The van der Waals surface area contributed by atoms with Crippen molar-refractivity contribution in [3.05, 3.63) is 29.8 Å². The maximum Gasteiger partial charge on any atom is 0.349 e. The smallest absolute Gasteiger partial charge is 0.349 e. The normalized spacial score (nSPS) is 11.1. The Kier molecular flexibility index (Phi) is 5.16. The van der Waals surface area contributed by atoms with Gasteiger partial charge in [0.25, 0.3) is 0 Å². The Labute approximate surface area is 108 Å². The van der Waals surface area contributed by atoms with Crippen LogP contribution in [-0.4, -0.2) is 29.9 Å². The SMILES string of the molecule is CCOC(=O)C(C)(C)Oc1ccc(CCO)cc1. The summed E-state index contributed by atoms with van der Waals surface area (Å²) in [5.41, 5.74) is 0.0212. The second-order valence-electron chi connectivity index (χ2n) is 4.45.